The molecule has 0 amide bonds. The van der Waals surface area contributed by atoms with Crippen LogP contribution in [0.5, 0.6) is 0 Å². The molecule has 1 aliphatic carbocycles. The quantitative estimate of drug-likeness (QED) is 0.915. The van der Waals surface area contributed by atoms with E-state index in [4.69, 9.17) is 0 Å². The van der Waals surface area contributed by atoms with Crippen molar-refractivity contribution in [2.45, 2.75) is 44.7 Å². The zero-order chi connectivity index (χ0) is 16.3. The number of para-hydroxylation sites is 1. The van der Waals surface area contributed by atoms with Crippen molar-refractivity contribution >= 4 is 21.1 Å². The maximum absolute atomic E-state index is 12.5. The smallest absolute Gasteiger partial charge is 0.256 e. The third-order valence-electron chi connectivity index (χ3n) is 4.65. The molecule has 1 aliphatic rings. The molecule has 0 aliphatic heterocycles. The van der Waals surface area contributed by atoms with Crippen LogP contribution in [-0.2, 0) is 16.8 Å². The molecule has 0 atom stereocenters. The summed E-state index contributed by atoms with van der Waals surface area (Å²) in [5.41, 5.74) is 1.82. The van der Waals surface area contributed by atoms with E-state index in [1.807, 2.05) is 30.3 Å². The number of hydrogen-bond acceptors (Lipinski definition) is 3. The van der Waals surface area contributed by atoms with E-state index in [2.05, 4.69) is 9.71 Å². The van der Waals surface area contributed by atoms with E-state index in [1.165, 1.54) is 10.7 Å². The lowest BCUT2D eigenvalue weighted by atomic mass is 9.96. The monoisotopic (exact) mass is 333 g/mol. The molecule has 0 unspecified atom stereocenters. The van der Waals surface area contributed by atoms with Crippen LogP contribution in [-0.4, -0.2) is 30.8 Å². The zero-order valence-corrected chi connectivity index (χ0v) is 14.2. The summed E-state index contributed by atoms with van der Waals surface area (Å²) in [6, 6.07) is 9.76. The minimum Gasteiger partial charge on any atom is -0.256 e. The van der Waals surface area contributed by atoms with Gasteiger partial charge in [-0.1, -0.05) is 37.5 Å². The SMILES string of the molecule is CN(C1CCCCC1)S(=O)(=O)NCc1ccnc2ccccc12. The summed E-state index contributed by atoms with van der Waals surface area (Å²) in [4.78, 5) is 4.31. The maximum Gasteiger partial charge on any atom is 0.279 e. The standard InChI is InChI=1S/C17H23N3O2S/c1-20(15-7-3-2-4-8-15)23(21,22)19-13-14-11-12-18-17-10-6-5-9-16(14)17/h5-6,9-12,15,19H,2-4,7-8,13H2,1H3. The fourth-order valence-electron chi connectivity index (χ4n) is 3.22. The topological polar surface area (TPSA) is 62.3 Å². The van der Waals surface area contributed by atoms with Gasteiger partial charge in [-0.05, 0) is 30.5 Å². The summed E-state index contributed by atoms with van der Waals surface area (Å²) in [6.45, 7) is 0.280. The highest BCUT2D eigenvalue weighted by atomic mass is 32.2. The fraction of sp³-hybridized carbons (Fsp3) is 0.471. The molecule has 124 valence electrons. The van der Waals surface area contributed by atoms with E-state index in [9.17, 15) is 8.42 Å². The van der Waals surface area contributed by atoms with E-state index in [0.29, 0.717) is 0 Å². The maximum atomic E-state index is 12.5. The minimum absolute atomic E-state index is 0.121. The second-order valence-corrected chi connectivity index (χ2v) is 7.94. The van der Waals surface area contributed by atoms with Crippen molar-refractivity contribution in [1.29, 1.82) is 0 Å². The molecule has 3 rings (SSSR count). The molecule has 1 fully saturated rings. The van der Waals surface area contributed by atoms with Gasteiger partial charge in [0.05, 0.1) is 5.52 Å². The molecule has 23 heavy (non-hydrogen) atoms. The van der Waals surface area contributed by atoms with E-state index in [0.717, 1.165) is 42.1 Å². The van der Waals surface area contributed by atoms with Crippen LogP contribution < -0.4 is 4.72 Å². The predicted molar refractivity (Wildman–Crippen MR) is 92.1 cm³/mol. The van der Waals surface area contributed by atoms with Gasteiger partial charge in [0.25, 0.3) is 10.2 Å². The summed E-state index contributed by atoms with van der Waals surface area (Å²) in [5, 5.41) is 0.984. The molecule has 1 N–H and O–H groups in total. The Morgan fingerprint density at radius 1 is 1.17 bits per heavy atom. The third kappa shape index (κ3) is 3.71. The zero-order valence-electron chi connectivity index (χ0n) is 13.4. The highest BCUT2D eigenvalue weighted by Crippen LogP contribution is 2.23. The van der Waals surface area contributed by atoms with Crippen LogP contribution in [0, 0.1) is 0 Å². The van der Waals surface area contributed by atoms with Crippen molar-refractivity contribution < 1.29 is 8.42 Å². The van der Waals surface area contributed by atoms with Crippen LogP contribution in [0.3, 0.4) is 0 Å². The van der Waals surface area contributed by atoms with Crippen molar-refractivity contribution in [3.05, 3.63) is 42.1 Å². The van der Waals surface area contributed by atoms with Gasteiger partial charge in [-0.25, -0.2) is 0 Å². The molecule has 0 bridgehead atoms. The first-order valence-electron chi connectivity index (χ1n) is 8.13. The van der Waals surface area contributed by atoms with E-state index in [1.54, 1.807) is 13.2 Å². The first-order chi connectivity index (χ1) is 11.1. The molecular formula is C17H23N3O2S. The molecule has 1 aromatic carbocycles. The second kappa shape index (κ2) is 6.95. The Labute approximate surface area is 137 Å². The van der Waals surface area contributed by atoms with Gasteiger partial charge < -0.3 is 0 Å². The average Bonchev–Trinajstić information content (AvgIpc) is 2.60. The summed E-state index contributed by atoms with van der Waals surface area (Å²) >= 11 is 0. The molecular weight excluding hydrogens is 310 g/mol. The molecule has 1 heterocycles. The Balaban J connectivity index is 1.73. The Hall–Kier alpha value is -1.50. The van der Waals surface area contributed by atoms with Gasteiger partial charge in [-0.3, -0.25) is 4.98 Å². The average molecular weight is 333 g/mol. The van der Waals surface area contributed by atoms with Crippen LogP contribution in [0.15, 0.2) is 36.5 Å². The van der Waals surface area contributed by atoms with Crippen LogP contribution in [0.1, 0.15) is 37.7 Å². The Bertz CT molecular complexity index is 765. The van der Waals surface area contributed by atoms with Gasteiger partial charge in [0.1, 0.15) is 0 Å². The van der Waals surface area contributed by atoms with Crippen LogP contribution in [0.2, 0.25) is 0 Å². The van der Waals surface area contributed by atoms with Gasteiger partial charge in [-0.15, -0.1) is 0 Å². The van der Waals surface area contributed by atoms with Gasteiger partial charge in [0.15, 0.2) is 0 Å². The largest absolute Gasteiger partial charge is 0.279 e. The summed E-state index contributed by atoms with van der Waals surface area (Å²) in [5.74, 6) is 0. The number of nitrogens with zero attached hydrogens (tertiary/aromatic N) is 2. The van der Waals surface area contributed by atoms with E-state index >= 15 is 0 Å². The van der Waals surface area contributed by atoms with Gasteiger partial charge in [0.2, 0.25) is 0 Å². The highest BCUT2D eigenvalue weighted by molar-refractivity contribution is 7.87. The first kappa shape index (κ1) is 16.4. The molecule has 1 aromatic heterocycles. The van der Waals surface area contributed by atoms with Gasteiger partial charge in [-0.2, -0.15) is 17.4 Å². The Kier molecular flexibility index (Phi) is 4.94. The summed E-state index contributed by atoms with van der Waals surface area (Å²) < 4.78 is 29.3. The van der Waals surface area contributed by atoms with E-state index < -0.39 is 10.2 Å². The predicted octanol–water partition coefficient (Wildman–Crippen LogP) is 2.83. The first-order valence-corrected chi connectivity index (χ1v) is 9.57. The van der Waals surface area contributed by atoms with Crippen molar-refractivity contribution in [1.82, 2.24) is 14.0 Å². The fourth-order valence-corrected chi connectivity index (χ4v) is 4.37. The van der Waals surface area contributed by atoms with Crippen molar-refractivity contribution in [3.8, 4) is 0 Å². The number of fused-ring (bicyclic) bond motifs is 1. The number of pyridine rings is 1. The molecule has 5 nitrogen and oxygen atoms in total. The lowest BCUT2D eigenvalue weighted by Gasteiger charge is -2.30. The summed E-state index contributed by atoms with van der Waals surface area (Å²) in [6.07, 6.45) is 7.06. The Morgan fingerprint density at radius 2 is 1.91 bits per heavy atom. The van der Waals surface area contributed by atoms with Crippen LogP contribution >= 0.6 is 0 Å². The van der Waals surface area contributed by atoms with Gasteiger partial charge in [0, 0.05) is 31.2 Å². The lowest BCUT2D eigenvalue weighted by molar-refractivity contribution is 0.283. The van der Waals surface area contributed by atoms with Crippen LogP contribution in [0.25, 0.3) is 10.9 Å². The number of aromatic nitrogens is 1. The molecule has 0 spiro atoms. The third-order valence-corrected chi connectivity index (χ3v) is 6.22. The minimum atomic E-state index is -3.46. The van der Waals surface area contributed by atoms with Crippen molar-refractivity contribution in [3.63, 3.8) is 0 Å². The van der Waals surface area contributed by atoms with Gasteiger partial charge >= 0.3 is 0 Å². The normalized spacial score (nSPS) is 17.0. The molecule has 2 aromatic rings. The lowest BCUT2D eigenvalue weighted by Crippen LogP contribution is -2.44. The Morgan fingerprint density at radius 3 is 2.70 bits per heavy atom. The molecule has 0 radical (unpaired) electrons. The van der Waals surface area contributed by atoms with Crippen molar-refractivity contribution in [2.24, 2.45) is 0 Å². The second-order valence-electron chi connectivity index (χ2n) is 6.12. The summed E-state index contributed by atoms with van der Waals surface area (Å²) in [7, 11) is -1.78. The number of rotatable bonds is 5. The van der Waals surface area contributed by atoms with Crippen molar-refractivity contribution in [2.75, 3.05) is 7.05 Å². The highest BCUT2D eigenvalue weighted by Gasteiger charge is 2.27. The van der Waals surface area contributed by atoms with Crippen LogP contribution in [0.4, 0.5) is 0 Å². The molecule has 1 saturated carbocycles. The number of nitrogens with one attached hydrogen (secondary N) is 1. The van der Waals surface area contributed by atoms with E-state index in [-0.39, 0.29) is 12.6 Å². The number of benzene rings is 1. The number of hydrogen-bond donors (Lipinski definition) is 1. The molecule has 0 saturated heterocycles. The molecule has 6 heteroatoms.